The molecule has 0 spiro atoms. The van der Waals surface area contributed by atoms with E-state index in [1.165, 1.54) is 6.07 Å². The van der Waals surface area contributed by atoms with E-state index in [2.05, 4.69) is 10.2 Å². The third-order valence-corrected chi connectivity index (χ3v) is 6.19. The summed E-state index contributed by atoms with van der Waals surface area (Å²) in [4.78, 5) is 20.0. The van der Waals surface area contributed by atoms with E-state index in [0.29, 0.717) is 24.2 Å². The van der Waals surface area contributed by atoms with Gasteiger partial charge in [-0.15, -0.1) is 0 Å². The Hall–Kier alpha value is -3.48. The van der Waals surface area contributed by atoms with E-state index in [1.807, 2.05) is 47.7 Å². The fourth-order valence-corrected chi connectivity index (χ4v) is 4.28. The second-order valence-corrected chi connectivity index (χ2v) is 8.16. The maximum atomic E-state index is 14.2. The van der Waals surface area contributed by atoms with E-state index in [1.54, 1.807) is 24.5 Å². The number of aromatic nitrogens is 4. The summed E-state index contributed by atoms with van der Waals surface area (Å²) >= 11 is 0. The molecule has 1 saturated heterocycles. The second-order valence-electron chi connectivity index (χ2n) is 8.16. The van der Waals surface area contributed by atoms with Crippen molar-refractivity contribution in [2.75, 3.05) is 6.54 Å². The van der Waals surface area contributed by atoms with Crippen LogP contribution >= 0.6 is 0 Å². The zero-order chi connectivity index (χ0) is 20.9. The van der Waals surface area contributed by atoms with Crippen LogP contribution < -0.4 is 0 Å². The summed E-state index contributed by atoms with van der Waals surface area (Å²) in [6.45, 7) is 2.69. The predicted molar refractivity (Wildman–Crippen MR) is 112 cm³/mol. The molecule has 1 N–H and O–H groups in total. The van der Waals surface area contributed by atoms with Crippen molar-refractivity contribution in [3.05, 3.63) is 71.9 Å². The maximum absolute atomic E-state index is 14.2. The lowest BCUT2D eigenvalue weighted by molar-refractivity contribution is 0.00574. The molecule has 1 aliphatic heterocycles. The van der Waals surface area contributed by atoms with Gasteiger partial charge in [-0.25, -0.2) is 9.37 Å². The van der Waals surface area contributed by atoms with Crippen molar-refractivity contribution in [2.24, 2.45) is 7.05 Å². The molecule has 7 heteroatoms. The first-order valence-corrected chi connectivity index (χ1v) is 9.97. The number of H-pyrrole nitrogens is 1. The molecule has 1 fully saturated rings. The van der Waals surface area contributed by atoms with Gasteiger partial charge in [0.05, 0.1) is 11.9 Å². The van der Waals surface area contributed by atoms with Crippen LogP contribution in [0.5, 0.6) is 0 Å². The number of nitrogens with one attached hydrogen (secondary N) is 1. The molecule has 1 aromatic carbocycles. The highest BCUT2D eigenvalue weighted by Crippen LogP contribution is 2.36. The summed E-state index contributed by atoms with van der Waals surface area (Å²) in [7, 11) is 1.86. The first-order valence-electron chi connectivity index (χ1n) is 9.97. The number of fused-ring (bicyclic) bond motifs is 1. The number of hydrogen-bond acceptors (Lipinski definition) is 3. The highest BCUT2D eigenvalue weighted by atomic mass is 19.1. The van der Waals surface area contributed by atoms with E-state index < -0.39 is 5.54 Å². The van der Waals surface area contributed by atoms with Crippen molar-refractivity contribution in [1.29, 1.82) is 0 Å². The molecular formula is C23H22FN5O. The topological polar surface area (TPSA) is 66.8 Å². The quantitative estimate of drug-likeness (QED) is 0.561. The van der Waals surface area contributed by atoms with Gasteiger partial charge < -0.3 is 9.47 Å². The van der Waals surface area contributed by atoms with Crippen LogP contribution in [0, 0.1) is 5.82 Å². The molecule has 4 aromatic rings. The van der Waals surface area contributed by atoms with E-state index >= 15 is 0 Å². The summed E-state index contributed by atoms with van der Waals surface area (Å²) in [6.07, 6.45) is 4.85. The SMILES string of the molecule is Cn1c(C(=O)N2CC[C@]2(C)Cc2ccccc2F)cc2ccc(-c3cn[nH]c3)nc21. The van der Waals surface area contributed by atoms with Crippen LogP contribution in [-0.2, 0) is 13.5 Å². The van der Waals surface area contributed by atoms with Crippen LogP contribution in [0.1, 0.15) is 29.4 Å². The van der Waals surface area contributed by atoms with Gasteiger partial charge >= 0.3 is 0 Å². The smallest absolute Gasteiger partial charge is 0.271 e. The lowest BCUT2D eigenvalue weighted by Crippen LogP contribution is -2.61. The number of nitrogens with zero attached hydrogens (tertiary/aromatic N) is 4. The summed E-state index contributed by atoms with van der Waals surface area (Å²) in [5.74, 6) is -0.274. The molecule has 1 aliphatic rings. The Morgan fingerprint density at radius 3 is 2.80 bits per heavy atom. The Morgan fingerprint density at radius 1 is 1.27 bits per heavy atom. The molecule has 0 saturated carbocycles. The van der Waals surface area contributed by atoms with Crippen molar-refractivity contribution in [2.45, 2.75) is 25.3 Å². The number of benzene rings is 1. The van der Waals surface area contributed by atoms with Crippen LogP contribution in [0.15, 0.2) is 54.9 Å². The first-order chi connectivity index (χ1) is 14.5. The van der Waals surface area contributed by atoms with Gasteiger partial charge in [-0.2, -0.15) is 5.10 Å². The number of carbonyl (C=O) groups excluding carboxylic acids is 1. The van der Waals surface area contributed by atoms with E-state index in [9.17, 15) is 9.18 Å². The zero-order valence-electron chi connectivity index (χ0n) is 16.9. The Morgan fingerprint density at radius 2 is 2.10 bits per heavy atom. The minimum atomic E-state index is -0.398. The molecule has 152 valence electrons. The van der Waals surface area contributed by atoms with Gasteiger partial charge in [0.1, 0.15) is 17.2 Å². The number of carbonyl (C=O) groups is 1. The largest absolute Gasteiger partial charge is 0.331 e. The van der Waals surface area contributed by atoms with Gasteiger partial charge in [-0.1, -0.05) is 18.2 Å². The van der Waals surface area contributed by atoms with Crippen molar-refractivity contribution < 1.29 is 9.18 Å². The van der Waals surface area contributed by atoms with Crippen molar-refractivity contribution in [1.82, 2.24) is 24.6 Å². The maximum Gasteiger partial charge on any atom is 0.271 e. The van der Waals surface area contributed by atoms with Crippen molar-refractivity contribution in [3.8, 4) is 11.3 Å². The number of hydrogen-bond donors (Lipinski definition) is 1. The van der Waals surface area contributed by atoms with Crippen molar-refractivity contribution in [3.63, 3.8) is 0 Å². The molecule has 1 amide bonds. The van der Waals surface area contributed by atoms with Crippen LogP contribution in [0.4, 0.5) is 4.39 Å². The van der Waals surface area contributed by atoms with Gasteiger partial charge in [0, 0.05) is 36.3 Å². The van der Waals surface area contributed by atoms with Gasteiger partial charge in [-0.3, -0.25) is 9.89 Å². The number of aryl methyl sites for hydroxylation is 1. The van der Waals surface area contributed by atoms with E-state index in [4.69, 9.17) is 4.98 Å². The number of pyridine rings is 1. The third-order valence-electron chi connectivity index (χ3n) is 6.19. The summed E-state index contributed by atoms with van der Waals surface area (Å²) in [5.41, 5.74) is 3.26. The summed E-state index contributed by atoms with van der Waals surface area (Å²) in [5, 5.41) is 7.67. The van der Waals surface area contributed by atoms with Gasteiger partial charge in [0.15, 0.2) is 0 Å². The molecule has 3 aromatic heterocycles. The number of aromatic amines is 1. The Bertz CT molecular complexity index is 1250. The average Bonchev–Trinajstić information content (AvgIpc) is 3.37. The summed E-state index contributed by atoms with van der Waals surface area (Å²) in [6, 6.07) is 12.6. The molecule has 0 unspecified atom stereocenters. The van der Waals surface area contributed by atoms with Crippen molar-refractivity contribution >= 4 is 16.9 Å². The molecule has 6 nitrogen and oxygen atoms in total. The van der Waals surface area contributed by atoms with Gasteiger partial charge in [-0.05, 0) is 49.6 Å². The Balaban J connectivity index is 1.46. The Labute approximate surface area is 173 Å². The highest BCUT2D eigenvalue weighted by molar-refractivity contribution is 5.99. The average molecular weight is 403 g/mol. The molecule has 5 rings (SSSR count). The van der Waals surface area contributed by atoms with E-state index in [0.717, 1.165) is 28.7 Å². The Kier molecular flexibility index (Phi) is 4.20. The number of amides is 1. The van der Waals surface area contributed by atoms with Crippen LogP contribution in [0.3, 0.4) is 0 Å². The molecule has 0 bridgehead atoms. The van der Waals surface area contributed by atoms with Gasteiger partial charge in [0.25, 0.3) is 5.91 Å². The second kappa shape index (κ2) is 6.79. The summed E-state index contributed by atoms with van der Waals surface area (Å²) < 4.78 is 16.0. The first kappa shape index (κ1) is 18.5. The highest BCUT2D eigenvalue weighted by Gasteiger charge is 2.44. The standard InChI is InChI=1S/C23H22FN5O/c1-23(12-16-5-3-4-6-18(16)24)9-10-29(23)22(30)20-11-15-7-8-19(17-13-25-26-14-17)27-21(15)28(20)2/h3-8,11,13-14H,9-10,12H2,1-2H3,(H,25,26)/t23-/m1/s1. The molecule has 1 atom stereocenters. The normalized spacial score (nSPS) is 18.6. The third kappa shape index (κ3) is 2.89. The number of halogens is 1. The minimum absolute atomic E-state index is 0.0505. The zero-order valence-corrected chi connectivity index (χ0v) is 16.9. The fourth-order valence-electron chi connectivity index (χ4n) is 4.28. The lowest BCUT2D eigenvalue weighted by Gasteiger charge is -2.51. The van der Waals surface area contributed by atoms with E-state index in [-0.39, 0.29) is 11.7 Å². The van der Waals surface area contributed by atoms with Gasteiger partial charge in [0.2, 0.25) is 0 Å². The number of likely N-dealkylation sites (tertiary alicyclic amines) is 1. The molecule has 0 aliphatic carbocycles. The minimum Gasteiger partial charge on any atom is -0.331 e. The lowest BCUT2D eigenvalue weighted by atomic mass is 9.80. The van der Waals surface area contributed by atoms with Crippen LogP contribution in [0.2, 0.25) is 0 Å². The number of rotatable bonds is 4. The fraction of sp³-hybridized carbons (Fsp3) is 0.261. The molecular weight excluding hydrogens is 381 g/mol. The molecule has 30 heavy (non-hydrogen) atoms. The monoisotopic (exact) mass is 403 g/mol. The molecule has 0 radical (unpaired) electrons. The van der Waals surface area contributed by atoms with Crippen LogP contribution in [-0.4, -0.2) is 42.6 Å². The van der Waals surface area contributed by atoms with Crippen LogP contribution in [0.25, 0.3) is 22.3 Å². The predicted octanol–water partition coefficient (Wildman–Crippen LogP) is 3.95. The molecule has 4 heterocycles.